The van der Waals surface area contributed by atoms with Crippen LogP contribution in [0.25, 0.3) is 35.6 Å². The number of allylic oxidation sites excluding steroid dienone is 2. The van der Waals surface area contributed by atoms with Crippen molar-refractivity contribution in [3.63, 3.8) is 0 Å². The number of carbonyl (C=O) groups is 2. The van der Waals surface area contributed by atoms with Crippen LogP contribution in [0, 0.1) is 50.4 Å². The third kappa shape index (κ3) is 11.3. The number of aliphatic hydroxyl groups is 1. The summed E-state index contributed by atoms with van der Waals surface area (Å²) in [4.78, 5) is 42.4. The summed E-state index contributed by atoms with van der Waals surface area (Å²) < 4.78 is 11.1. The molecule has 2 aliphatic heterocycles. The van der Waals surface area contributed by atoms with Crippen LogP contribution in [0.5, 0.6) is 0 Å². The van der Waals surface area contributed by atoms with Gasteiger partial charge in [-0.15, -0.1) is 33.1 Å². The summed E-state index contributed by atoms with van der Waals surface area (Å²) in [6.07, 6.45) is 24.3. The molecule has 0 saturated carbocycles. The second-order valence-corrected chi connectivity index (χ2v) is 19.1. The molecule has 64 heavy (non-hydrogen) atoms. The van der Waals surface area contributed by atoms with E-state index in [4.69, 9.17) is 24.4 Å². The zero-order valence-electron chi connectivity index (χ0n) is 40.6. The van der Waals surface area contributed by atoms with Crippen molar-refractivity contribution in [1.29, 1.82) is 0 Å². The van der Waals surface area contributed by atoms with Gasteiger partial charge in [0.05, 0.1) is 13.2 Å². The van der Waals surface area contributed by atoms with Gasteiger partial charge in [-0.3, -0.25) is 9.59 Å². The fourth-order valence-corrected chi connectivity index (χ4v) is 10.2. The third-order valence-corrected chi connectivity index (χ3v) is 14.2. The zero-order chi connectivity index (χ0) is 45.5. The number of aliphatic hydroxyl groups excluding tert-OH is 1. The van der Waals surface area contributed by atoms with Gasteiger partial charge in [-0.1, -0.05) is 145 Å². The summed E-state index contributed by atoms with van der Waals surface area (Å²) in [5.41, 5.74) is 10.0. The number of carbonyl (C=O) groups excluding carboxylic acids is 2. The van der Waals surface area contributed by atoms with Crippen molar-refractivity contribution in [3.05, 3.63) is 90.1 Å². The molecule has 6 rings (SSSR count). The molecule has 10 heteroatoms. The topological polar surface area (TPSA) is 127 Å². The molecular weight excluding hydrogens is 809 g/mol. The van der Waals surface area contributed by atoms with Crippen LogP contribution in [-0.4, -0.2) is 59.9 Å². The molecule has 5 atom stereocenters. The van der Waals surface area contributed by atoms with E-state index in [-0.39, 0.29) is 59.6 Å². The van der Waals surface area contributed by atoms with Crippen LogP contribution in [0.2, 0.25) is 0 Å². The molecule has 1 saturated heterocycles. The summed E-state index contributed by atoms with van der Waals surface area (Å²) in [5, 5.41) is 18.5. The summed E-state index contributed by atoms with van der Waals surface area (Å²) in [7, 11) is 1.34. The van der Waals surface area contributed by atoms with Gasteiger partial charge in [0.1, 0.15) is 18.3 Å². The second-order valence-electron chi connectivity index (χ2n) is 19.1. The van der Waals surface area contributed by atoms with E-state index in [9.17, 15) is 14.7 Å². The first kappa shape index (κ1) is 50.8. The Bertz CT molecular complexity index is 2480. The monoisotopic (exact) mass is 882 g/mol. The fourth-order valence-electron chi connectivity index (χ4n) is 10.2. The van der Waals surface area contributed by atoms with Crippen molar-refractivity contribution >= 4 is 70.6 Å². The largest absolute Gasteiger partial charge is 2.00 e. The van der Waals surface area contributed by atoms with Gasteiger partial charge in [0.2, 0.25) is 0 Å². The number of methoxy groups -OCH3 is 1. The second kappa shape index (κ2) is 22.8. The van der Waals surface area contributed by atoms with Crippen molar-refractivity contribution in [1.82, 2.24) is 20.3 Å². The molecule has 9 nitrogen and oxygen atoms in total. The van der Waals surface area contributed by atoms with Gasteiger partial charge in [-0.2, -0.15) is 0 Å². The molecule has 1 fully saturated rings. The van der Waals surface area contributed by atoms with E-state index in [1.165, 1.54) is 64.0 Å². The van der Waals surface area contributed by atoms with Crippen molar-refractivity contribution in [2.75, 3.05) is 13.7 Å². The summed E-state index contributed by atoms with van der Waals surface area (Å²) in [6, 6.07) is -0.446. The summed E-state index contributed by atoms with van der Waals surface area (Å²) >= 11 is 0. The minimum atomic E-state index is -1.04. The van der Waals surface area contributed by atoms with Crippen molar-refractivity contribution in [2.24, 2.45) is 29.6 Å². The Balaban J connectivity index is 0.00000771. The van der Waals surface area contributed by atoms with Gasteiger partial charge in [0, 0.05) is 23.3 Å². The van der Waals surface area contributed by atoms with Gasteiger partial charge in [0.15, 0.2) is 0 Å². The van der Waals surface area contributed by atoms with E-state index in [2.05, 4.69) is 73.4 Å². The summed E-state index contributed by atoms with van der Waals surface area (Å²) in [6.45, 7) is 23.8. The fraction of sp³-hybridized carbons (Fsp3) is 0.556. The van der Waals surface area contributed by atoms with Crippen LogP contribution in [0.4, 0.5) is 0 Å². The number of nitrogens with zero attached hydrogens (tertiary/aromatic N) is 3. The van der Waals surface area contributed by atoms with E-state index in [0.717, 1.165) is 86.7 Å². The maximum atomic E-state index is 13.6. The van der Waals surface area contributed by atoms with E-state index in [1.54, 1.807) is 0 Å². The van der Waals surface area contributed by atoms with Crippen LogP contribution in [0.15, 0.2) is 23.9 Å². The van der Waals surface area contributed by atoms with Crippen molar-refractivity contribution in [3.8, 4) is 0 Å². The molecule has 2 N–H and O–H groups in total. The van der Waals surface area contributed by atoms with Crippen molar-refractivity contribution in [2.45, 2.75) is 152 Å². The van der Waals surface area contributed by atoms with Crippen LogP contribution in [-0.2, 0) is 25.5 Å². The number of aromatic nitrogens is 3. The Morgan fingerprint density at radius 2 is 1.55 bits per heavy atom. The SMILES string of the molecule is C=Cc1c2[n-]c(c1C)/C=C1\NC(C3=c4[n-]c(c(C)c4=C(O)[C@@H]3C(=O)OC)/C=c3\[n-]/c(c(C)c3CC)=C\2)[C@@H](CCC(=O)OC/C=C(\C)CCC[C@H](C)CCCCCCCC(C)C)[C@@H]1C.[Mg+2]. The van der Waals surface area contributed by atoms with Crippen LogP contribution in [0.3, 0.4) is 0 Å². The molecule has 3 aromatic rings. The van der Waals surface area contributed by atoms with Crippen LogP contribution >= 0.6 is 0 Å². The zero-order valence-corrected chi connectivity index (χ0v) is 42.0. The van der Waals surface area contributed by atoms with Gasteiger partial charge in [0.25, 0.3) is 0 Å². The maximum Gasteiger partial charge on any atom is 2.00 e. The number of unbranched alkanes of at least 4 members (excludes halogenated alkanes) is 4. The standard InChI is InChI=1S/C54H73N4O5.Mg/c1-12-38-34(7)41-28-43-36(9)40(24-25-47(59)63-27-26-33(6)23-19-22-32(5)21-18-16-14-15-17-20-31(3)4)51(57-43)49-50(54(61)62-11)53(60)48-37(10)44(58-52(48)49)30-46-39(13-2)35(8)42(56-46)29-45(38)55-41;/h12,26,28-32,36,40,50-51,57,60H,1,13-25,27H2,2-11H3;/q-3;+2/b33-26+,42-29-,43-28-,46-30-;/t32-,36+,40+,50-,51?;/m1./s1. The average Bonchev–Trinajstić information content (AvgIpc) is 3.99. The van der Waals surface area contributed by atoms with Gasteiger partial charge >= 0.3 is 35.0 Å². The number of hydrogen-bond donors (Lipinski definition) is 2. The molecule has 5 heterocycles. The normalized spacial score (nSPS) is 21.3. The first-order valence-corrected chi connectivity index (χ1v) is 23.8. The third-order valence-electron chi connectivity index (χ3n) is 14.2. The average molecular weight is 883 g/mol. The molecule has 1 aliphatic carbocycles. The number of esters is 2. The Kier molecular flexibility index (Phi) is 18.1. The van der Waals surface area contributed by atoms with Crippen LogP contribution in [0.1, 0.15) is 163 Å². The Morgan fingerprint density at radius 3 is 2.23 bits per heavy atom. The predicted octanol–water partition coefficient (Wildman–Crippen LogP) is 7.63. The molecule has 8 bridgehead atoms. The molecule has 342 valence electrons. The van der Waals surface area contributed by atoms with E-state index in [0.29, 0.717) is 28.3 Å². The number of hydrogen-bond acceptors (Lipinski definition) is 6. The first-order chi connectivity index (χ1) is 30.2. The number of ether oxygens (including phenoxy) is 2. The molecular formula is C54H73MgN4O5-. The number of fused-ring (bicyclic) bond motifs is 8. The maximum absolute atomic E-state index is 13.6. The molecule has 3 aliphatic rings. The van der Waals surface area contributed by atoms with E-state index in [1.807, 2.05) is 31.2 Å². The number of rotatable bonds is 20. The minimum Gasteiger partial charge on any atom is -0.657 e. The Labute approximate surface area is 398 Å². The smallest absolute Gasteiger partial charge is 0.657 e. The summed E-state index contributed by atoms with van der Waals surface area (Å²) in [5.74, 6) is -0.593. The van der Waals surface area contributed by atoms with Gasteiger partial charge in [-0.25, -0.2) is 0 Å². The quantitative estimate of drug-likeness (QED) is 0.0510. The van der Waals surface area contributed by atoms with Gasteiger partial charge < -0.3 is 34.8 Å². The van der Waals surface area contributed by atoms with E-state index < -0.39 is 17.9 Å². The minimum absolute atomic E-state index is 0. The molecule has 1 unspecified atom stereocenters. The van der Waals surface area contributed by atoms with E-state index >= 15 is 0 Å². The van der Waals surface area contributed by atoms with Gasteiger partial charge in [-0.05, 0) is 88.3 Å². The molecule has 3 aromatic heterocycles. The Morgan fingerprint density at radius 1 is 0.875 bits per heavy atom. The van der Waals surface area contributed by atoms with Crippen molar-refractivity contribution < 1.29 is 24.2 Å². The Hall–Kier alpha value is -4.15. The number of nitrogens with one attached hydrogen (secondary N) is 1. The molecule has 0 radical (unpaired) electrons. The van der Waals surface area contributed by atoms with Crippen LogP contribution < -0.4 is 41.5 Å². The molecule has 0 aromatic carbocycles. The molecule has 0 spiro atoms. The molecule has 0 amide bonds. The predicted molar refractivity (Wildman–Crippen MR) is 261 cm³/mol. The first-order valence-electron chi connectivity index (χ1n) is 23.8.